The first-order valence-corrected chi connectivity index (χ1v) is 5.90. The molecule has 0 aliphatic heterocycles. The first-order chi connectivity index (χ1) is 9.08. The monoisotopic (exact) mass is 259 g/mol. The summed E-state index contributed by atoms with van der Waals surface area (Å²) >= 11 is 0. The third-order valence-corrected chi connectivity index (χ3v) is 2.91. The molecule has 2 aromatic carbocycles. The van der Waals surface area contributed by atoms with E-state index in [-0.39, 0.29) is 12.2 Å². The van der Waals surface area contributed by atoms with Gasteiger partial charge in [0.2, 0.25) is 0 Å². The highest BCUT2D eigenvalue weighted by Crippen LogP contribution is 2.22. The quantitative estimate of drug-likeness (QED) is 0.886. The lowest BCUT2D eigenvalue weighted by Crippen LogP contribution is -2.32. The fourth-order valence-electron chi connectivity index (χ4n) is 1.86. The molecule has 4 heteroatoms. The van der Waals surface area contributed by atoms with Crippen molar-refractivity contribution in [2.24, 2.45) is 5.73 Å². The van der Waals surface area contributed by atoms with E-state index in [1.54, 1.807) is 42.5 Å². The molecule has 2 aromatic rings. The van der Waals surface area contributed by atoms with Crippen LogP contribution in [0, 0.1) is 5.82 Å². The second-order valence-corrected chi connectivity index (χ2v) is 4.33. The number of rotatable bonds is 4. The Labute approximate surface area is 110 Å². The van der Waals surface area contributed by atoms with Gasteiger partial charge in [-0.25, -0.2) is 4.39 Å². The summed E-state index contributed by atoms with van der Waals surface area (Å²) in [7, 11) is 0. The van der Waals surface area contributed by atoms with Crippen LogP contribution in [0.5, 0.6) is 0 Å². The van der Waals surface area contributed by atoms with Crippen LogP contribution in [-0.4, -0.2) is 17.1 Å². The molecular weight excluding hydrogens is 245 g/mol. The molecule has 0 aromatic heterocycles. The van der Waals surface area contributed by atoms with Gasteiger partial charge in [-0.15, -0.1) is 0 Å². The van der Waals surface area contributed by atoms with E-state index < -0.39 is 12.0 Å². The van der Waals surface area contributed by atoms with Gasteiger partial charge in [-0.3, -0.25) is 4.79 Å². The van der Waals surface area contributed by atoms with Crippen LogP contribution in [0.1, 0.15) is 5.56 Å². The average molecular weight is 259 g/mol. The van der Waals surface area contributed by atoms with Crippen molar-refractivity contribution >= 4 is 5.97 Å². The van der Waals surface area contributed by atoms with Crippen molar-refractivity contribution in [3.05, 3.63) is 59.9 Å². The van der Waals surface area contributed by atoms with Crippen molar-refractivity contribution < 1.29 is 14.3 Å². The lowest BCUT2D eigenvalue weighted by Gasteiger charge is -2.08. The predicted octanol–water partition coefficient (Wildman–Crippen LogP) is 2.45. The summed E-state index contributed by atoms with van der Waals surface area (Å²) in [4.78, 5) is 10.7. The van der Waals surface area contributed by atoms with E-state index in [0.717, 1.165) is 11.1 Å². The number of benzene rings is 2. The van der Waals surface area contributed by atoms with Gasteiger partial charge in [-0.1, -0.05) is 42.5 Å². The van der Waals surface area contributed by atoms with Crippen molar-refractivity contribution in [3.63, 3.8) is 0 Å². The van der Waals surface area contributed by atoms with Gasteiger partial charge in [0.25, 0.3) is 0 Å². The first-order valence-electron chi connectivity index (χ1n) is 5.90. The van der Waals surface area contributed by atoms with E-state index in [1.165, 1.54) is 6.07 Å². The highest BCUT2D eigenvalue weighted by Gasteiger charge is 2.12. The van der Waals surface area contributed by atoms with Crippen LogP contribution in [0.3, 0.4) is 0 Å². The zero-order valence-electron chi connectivity index (χ0n) is 10.2. The van der Waals surface area contributed by atoms with Crippen molar-refractivity contribution in [2.45, 2.75) is 12.5 Å². The molecule has 0 heterocycles. The number of hydrogen-bond donors (Lipinski definition) is 2. The number of halogens is 1. The third-order valence-electron chi connectivity index (χ3n) is 2.91. The minimum absolute atomic E-state index is 0.257. The number of carboxylic acid groups (broad SMARTS) is 1. The van der Waals surface area contributed by atoms with Crippen LogP contribution in [0.4, 0.5) is 4.39 Å². The molecule has 19 heavy (non-hydrogen) atoms. The lowest BCUT2D eigenvalue weighted by atomic mass is 10.0. The third kappa shape index (κ3) is 3.17. The molecule has 3 nitrogen and oxygen atoms in total. The number of aliphatic carboxylic acids is 1. The normalized spacial score (nSPS) is 12.1. The Morgan fingerprint density at radius 3 is 2.37 bits per heavy atom. The smallest absolute Gasteiger partial charge is 0.320 e. The molecular formula is C15H14FNO2. The molecule has 1 atom stereocenters. The lowest BCUT2D eigenvalue weighted by molar-refractivity contribution is -0.138. The van der Waals surface area contributed by atoms with Gasteiger partial charge < -0.3 is 10.8 Å². The highest BCUT2D eigenvalue weighted by molar-refractivity contribution is 5.73. The van der Waals surface area contributed by atoms with Gasteiger partial charge in [0.1, 0.15) is 11.9 Å². The van der Waals surface area contributed by atoms with E-state index >= 15 is 0 Å². The zero-order valence-corrected chi connectivity index (χ0v) is 10.2. The zero-order chi connectivity index (χ0) is 13.8. The van der Waals surface area contributed by atoms with Crippen molar-refractivity contribution in [1.29, 1.82) is 0 Å². The van der Waals surface area contributed by atoms with Crippen LogP contribution in [0.15, 0.2) is 48.5 Å². The predicted molar refractivity (Wildman–Crippen MR) is 71.2 cm³/mol. The highest BCUT2D eigenvalue weighted by atomic mass is 19.1. The summed E-state index contributed by atoms with van der Waals surface area (Å²) in [6.45, 7) is 0. The summed E-state index contributed by atoms with van der Waals surface area (Å²) < 4.78 is 13.6. The van der Waals surface area contributed by atoms with Gasteiger partial charge in [0, 0.05) is 5.56 Å². The Morgan fingerprint density at radius 1 is 1.16 bits per heavy atom. The van der Waals surface area contributed by atoms with Crippen LogP contribution < -0.4 is 5.73 Å². The molecule has 98 valence electrons. The summed E-state index contributed by atoms with van der Waals surface area (Å²) in [6, 6.07) is 12.7. The SMILES string of the molecule is NC(Cc1ccc(-c2ccccc2F)cc1)C(=O)O. The molecule has 0 fully saturated rings. The van der Waals surface area contributed by atoms with E-state index in [1.807, 2.05) is 0 Å². The Morgan fingerprint density at radius 2 is 1.79 bits per heavy atom. The molecule has 0 saturated heterocycles. The number of carbonyl (C=O) groups is 1. The van der Waals surface area contributed by atoms with Crippen molar-refractivity contribution in [2.75, 3.05) is 0 Å². The minimum Gasteiger partial charge on any atom is -0.480 e. The molecule has 2 rings (SSSR count). The molecule has 0 aliphatic rings. The maximum atomic E-state index is 13.6. The molecule has 0 spiro atoms. The minimum atomic E-state index is -1.03. The topological polar surface area (TPSA) is 63.3 Å². The Kier molecular flexibility index (Phi) is 3.92. The molecule has 3 N–H and O–H groups in total. The van der Waals surface area contributed by atoms with Gasteiger partial charge in [0.15, 0.2) is 0 Å². The van der Waals surface area contributed by atoms with Gasteiger partial charge in [0.05, 0.1) is 0 Å². The standard InChI is InChI=1S/C15H14FNO2/c16-13-4-2-1-3-12(13)11-7-5-10(6-8-11)9-14(17)15(18)19/h1-8,14H,9,17H2,(H,18,19). The maximum Gasteiger partial charge on any atom is 0.320 e. The number of nitrogens with two attached hydrogens (primary N) is 1. The summed E-state index contributed by atoms with van der Waals surface area (Å²) in [6.07, 6.45) is 0.257. The van der Waals surface area contributed by atoms with E-state index in [4.69, 9.17) is 10.8 Å². The van der Waals surface area contributed by atoms with Gasteiger partial charge in [-0.2, -0.15) is 0 Å². The Bertz CT molecular complexity index is 581. The van der Waals surface area contributed by atoms with Gasteiger partial charge >= 0.3 is 5.97 Å². The second-order valence-electron chi connectivity index (χ2n) is 4.33. The number of hydrogen-bond acceptors (Lipinski definition) is 2. The summed E-state index contributed by atoms with van der Waals surface area (Å²) in [5.41, 5.74) is 7.56. The second kappa shape index (κ2) is 5.63. The van der Waals surface area contributed by atoms with Crippen molar-refractivity contribution in [3.8, 4) is 11.1 Å². The fraction of sp³-hybridized carbons (Fsp3) is 0.133. The Balaban J connectivity index is 2.19. The Hall–Kier alpha value is -2.20. The first kappa shape index (κ1) is 13.2. The molecule has 0 aliphatic carbocycles. The molecule has 0 bridgehead atoms. The largest absolute Gasteiger partial charge is 0.480 e. The van der Waals surface area contributed by atoms with Crippen molar-refractivity contribution in [1.82, 2.24) is 0 Å². The van der Waals surface area contributed by atoms with Gasteiger partial charge in [-0.05, 0) is 23.6 Å². The van der Waals surface area contributed by atoms with Crippen LogP contribution in [0.25, 0.3) is 11.1 Å². The van der Waals surface area contributed by atoms with Crippen LogP contribution in [-0.2, 0) is 11.2 Å². The summed E-state index contributed by atoms with van der Waals surface area (Å²) in [5.74, 6) is -1.31. The maximum absolute atomic E-state index is 13.6. The molecule has 0 amide bonds. The molecule has 0 saturated carbocycles. The summed E-state index contributed by atoms with van der Waals surface area (Å²) in [5, 5.41) is 8.74. The van der Waals surface area contributed by atoms with Crippen LogP contribution >= 0.6 is 0 Å². The average Bonchev–Trinajstić information content (AvgIpc) is 2.40. The number of carboxylic acids is 1. The molecule has 1 unspecified atom stereocenters. The van der Waals surface area contributed by atoms with E-state index in [0.29, 0.717) is 5.56 Å². The fourth-order valence-corrected chi connectivity index (χ4v) is 1.86. The van der Waals surface area contributed by atoms with E-state index in [2.05, 4.69) is 0 Å². The van der Waals surface area contributed by atoms with E-state index in [9.17, 15) is 9.18 Å². The molecule has 0 radical (unpaired) electrons. The van der Waals surface area contributed by atoms with Crippen LogP contribution in [0.2, 0.25) is 0 Å².